The van der Waals surface area contributed by atoms with Crippen LogP contribution in [0.15, 0.2) is 47.6 Å². The van der Waals surface area contributed by atoms with Gasteiger partial charge in [0.15, 0.2) is 0 Å². The van der Waals surface area contributed by atoms with E-state index < -0.39 is 0 Å². The fourth-order valence-electron chi connectivity index (χ4n) is 4.89. The van der Waals surface area contributed by atoms with E-state index >= 15 is 0 Å². The summed E-state index contributed by atoms with van der Waals surface area (Å²) in [6.45, 7) is 3.04. The zero-order chi connectivity index (χ0) is 24.3. The van der Waals surface area contributed by atoms with Crippen molar-refractivity contribution in [1.29, 1.82) is 0 Å². The number of thioether (sulfide) groups is 1. The molecule has 3 aliphatic rings. The molecule has 0 saturated heterocycles. The molecule has 1 fully saturated rings. The second-order valence-electron chi connectivity index (χ2n) is 9.14. The molecule has 178 valence electrons. The van der Waals surface area contributed by atoms with E-state index in [1.54, 1.807) is 30.0 Å². The molecule has 1 saturated carbocycles. The number of hydrogen-bond donors (Lipinski definition) is 1. The molecular formula is C25H21Cl2N5O2S. The summed E-state index contributed by atoms with van der Waals surface area (Å²) in [5.74, 6) is 0.613. The lowest BCUT2D eigenvalue weighted by molar-refractivity contribution is -0.130. The van der Waals surface area contributed by atoms with E-state index in [1.165, 1.54) is 23.5 Å². The van der Waals surface area contributed by atoms with Crippen molar-refractivity contribution in [1.82, 2.24) is 14.9 Å². The third-order valence-corrected chi connectivity index (χ3v) is 8.44. The molecule has 6 rings (SSSR count). The van der Waals surface area contributed by atoms with Gasteiger partial charge in [-0.25, -0.2) is 9.97 Å². The second-order valence-corrected chi connectivity index (χ2v) is 10.9. The molecule has 2 aliphatic heterocycles. The Morgan fingerprint density at radius 2 is 1.94 bits per heavy atom. The van der Waals surface area contributed by atoms with Gasteiger partial charge < -0.3 is 10.2 Å². The van der Waals surface area contributed by atoms with Gasteiger partial charge in [0.2, 0.25) is 11.9 Å². The molecule has 0 bridgehead atoms. The molecule has 2 aromatic carbocycles. The summed E-state index contributed by atoms with van der Waals surface area (Å²) in [5, 5.41) is 4.70. The van der Waals surface area contributed by atoms with Crippen LogP contribution in [0, 0.1) is 0 Å². The van der Waals surface area contributed by atoms with Crippen LogP contribution in [0.3, 0.4) is 0 Å². The molecule has 2 amide bonds. The fraction of sp³-hybridized carbons (Fsp3) is 0.280. The Morgan fingerprint density at radius 1 is 1.17 bits per heavy atom. The van der Waals surface area contributed by atoms with Gasteiger partial charge in [-0.15, -0.1) is 0 Å². The highest BCUT2D eigenvalue weighted by Gasteiger charge is 2.49. The van der Waals surface area contributed by atoms with E-state index in [4.69, 9.17) is 23.2 Å². The number of anilines is 3. The maximum absolute atomic E-state index is 13.2. The first-order valence-electron chi connectivity index (χ1n) is 11.3. The number of rotatable bonds is 3. The quantitative estimate of drug-likeness (QED) is 0.446. The van der Waals surface area contributed by atoms with Crippen molar-refractivity contribution in [2.24, 2.45) is 0 Å². The van der Waals surface area contributed by atoms with E-state index in [0.29, 0.717) is 44.7 Å². The Labute approximate surface area is 216 Å². The summed E-state index contributed by atoms with van der Waals surface area (Å²) in [5.41, 5.74) is 4.36. The van der Waals surface area contributed by atoms with Crippen LogP contribution in [0.1, 0.15) is 41.3 Å². The van der Waals surface area contributed by atoms with Crippen molar-refractivity contribution in [3.05, 3.63) is 69.3 Å². The molecule has 0 unspecified atom stereocenters. The van der Waals surface area contributed by atoms with E-state index in [9.17, 15) is 9.59 Å². The first-order valence-corrected chi connectivity index (χ1v) is 13.0. The average Bonchev–Trinajstić information content (AvgIpc) is 3.59. The minimum Gasteiger partial charge on any atom is -0.338 e. The number of benzene rings is 2. The first-order chi connectivity index (χ1) is 16.8. The van der Waals surface area contributed by atoms with E-state index in [2.05, 4.69) is 27.4 Å². The Hall–Kier alpha value is -2.81. The van der Waals surface area contributed by atoms with Crippen LogP contribution < -0.4 is 10.2 Å². The minimum absolute atomic E-state index is 0.104. The third-order valence-electron chi connectivity index (χ3n) is 6.85. The monoisotopic (exact) mass is 525 g/mol. The lowest BCUT2D eigenvalue weighted by Crippen LogP contribution is -2.40. The summed E-state index contributed by atoms with van der Waals surface area (Å²) in [4.78, 5) is 37.7. The van der Waals surface area contributed by atoms with Crippen LogP contribution in [-0.4, -0.2) is 39.1 Å². The van der Waals surface area contributed by atoms with Gasteiger partial charge in [-0.3, -0.25) is 14.5 Å². The molecule has 10 heteroatoms. The van der Waals surface area contributed by atoms with Gasteiger partial charge in [-0.05, 0) is 48.2 Å². The van der Waals surface area contributed by atoms with Crippen LogP contribution in [-0.2, 0) is 16.8 Å². The van der Waals surface area contributed by atoms with Crippen LogP contribution in [0.2, 0.25) is 10.0 Å². The van der Waals surface area contributed by atoms with Crippen molar-refractivity contribution < 1.29 is 9.59 Å². The zero-order valence-electron chi connectivity index (χ0n) is 18.8. The molecule has 1 aromatic heterocycles. The molecule has 0 atom stereocenters. The molecule has 0 radical (unpaired) electrons. The van der Waals surface area contributed by atoms with Gasteiger partial charge in [0.25, 0.3) is 5.91 Å². The summed E-state index contributed by atoms with van der Waals surface area (Å²) in [6, 6.07) is 11.4. The lowest BCUT2D eigenvalue weighted by atomic mass is 9.86. The highest BCUT2D eigenvalue weighted by molar-refractivity contribution is 7.99. The zero-order valence-corrected chi connectivity index (χ0v) is 21.2. The number of nitrogens with zero attached hydrogens (tertiary/aromatic N) is 4. The van der Waals surface area contributed by atoms with Crippen molar-refractivity contribution in [2.45, 2.75) is 36.8 Å². The molecule has 3 heterocycles. The van der Waals surface area contributed by atoms with Crippen molar-refractivity contribution in [2.75, 3.05) is 22.6 Å². The third kappa shape index (κ3) is 3.93. The number of nitrogens with one attached hydrogen (secondary N) is 1. The predicted octanol–water partition coefficient (Wildman–Crippen LogP) is 5.63. The Kier molecular flexibility index (Phi) is 5.43. The Morgan fingerprint density at radius 3 is 2.66 bits per heavy atom. The number of carbonyl (C=O) groups excluding carboxylic acids is 2. The predicted molar refractivity (Wildman–Crippen MR) is 138 cm³/mol. The van der Waals surface area contributed by atoms with Crippen molar-refractivity contribution in [3.63, 3.8) is 0 Å². The maximum atomic E-state index is 13.2. The number of amides is 2. The Bertz CT molecular complexity index is 1370. The summed E-state index contributed by atoms with van der Waals surface area (Å²) in [6.07, 6.45) is 3.77. The number of carbonyl (C=O) groups is 2. The number of fused-ring (bicyclic) bond motifs is 3. The van der Waals surface area contributed by atoms with E-state index in [-0.39, 0.29) is 17.2 Å². The van der Waals surface area contributed by atoms with Gasteiger partial charge in [0.05, 0.1) is 27.2 Å². The maximum Gasteiger partial charge on any atom is 0.263 e. The molecule has 35 heavy (non-hydrogen) atoms. The van der Waals surface area contributed by atoms with Crippen molar-refractivity contribution in [3.8, 4) is 0 Å². The molecule has 1 aliphatic carbocycles. The number of para-hydroxylation sites is 1. The van der Waals surface area contributed by atoms with Gasteiger partial charge in [-0.1, -0.05) is 47.1 Å². The lowest BCUT2D eigenvalue weighted by Gasteiger charge is -2.35. The Balaban J connectivity index is 1.25. The van der Waals surface area contributed by atoms with E-state index in [1.807, 2.05) is 11.0 Å². The minimum atomic E-state index is -0.242. The van der Waals surface area contributed by atoms with Crippen molar-refractivity contribution >= 4 is 64.1 Å². The number of aromatic nitrogens is 2. The largest absolute Gasteiger partial charge is 0.338 e. The fourth-order valence-corrected chi connectivity index (χ4v) is 6.43. The first kappa shape index (κ1) is 22.6. The second kappa shape index (κ2) is 8.40. The number of halogens is 2. The molecular weight excluding hydrogens is 505 g/mol. The van der Waals surface area contributed by atoms with Gasteiger partial charge in [0, 0.05) is 37.3 Å². The van der Waals surface area contributed by atoms with Crippen LogP contribution in [0.4, 0.5) is 17.3 Å². The summed E-state index contributed by atoms with van der Waals surface area (Å²) >= 11 is 14.1. The normalized spacial score (nSPS) is 17.7. The standard InChI is InChI=1S/C25H21Cl2N5O2S/c1-14(33)31-11-15-9-16(5-6-18(15)25(12-31)7-8-25)29-24-28-10-17-22(30-24)35-13-32(23(17)34)21-19(26)3-2-4-20(21)27/h2-6,9-10H,7-8,11-13H2,1H3,(H,28,29,30). The van der Waals surface area contributed by atoms with Gasteiger partial charge in [0.1, 0.15) is 5.03 Å². The van der Waals surface area contributed by atoms with Crippen LogP contribution in [0.5, 0.6) is 0 Å². The molecule has 7 nitrogen and oxygen atoms in total. The molecule has 3 aromatic rings. The molecule has 1 N–H and O–H groups in total. The van der Waals surface area contributed by atoms with Crippen LogP contribution in [0.25, 0.3) is 0 Å². The van der Waals surface area contributed by atoms with Crippen LogP contribution >= 0.6 is 35.0 Å². The highest BCUT2D eigenvalue weighted by Crippen LogP contribution is 2.52. The average molecular weight is 526 g/mol. The van der Waals surface area contributed by atoms with Gasteiger partial charge in [-0.2, -0.15) is 0 Å². The smallest absolute Gasteiger partial charge is 0.263 e. The SMILES string of the molecule is CC(=O)N1Cc2cc(Nc3ncc4c(n3)SCN(c3c(Cl)cccc3Cl)C4=O)ccc2C2(CC2)C1. The summed E-state index contributed by atoms with van der Waals surface area (Å²) in [7, 11) is 0. The van der Waals surface area contributed by atoms with E-state index in [0.717, 1.165) is 30.6 Å². The topological polar surface area (TPSA) is 78.4 Å². The highest BCUT2D eigenvalue weighted by atomic mass is 35.5. The molecule has 1 spiro atoms. The van der Waals surface area contributed by atoms with Gasteiger partial charge >= 0.3 is 0 Å². The summed E-state index contributed by atoms with van der Waals surface area (Å²) < 4.78 is 0. The number of hydrogen-bond acceptors (Lipinski definition) is 6.